The van der Waals surface area contributed by atoms with E-state index in [4.69, 9.17) is 4.98 Å². The molecule has 1 heterocycles. The topological polar surface area (TPSA) is 53.4 Å². The summed E-state index contributed by atoms with van der Waals surface area (Å²) in [6, 6.07) is 0.597. The molecule has 5 heteroatoms. The van der Waals surface area contributed by atoms with Crippen LogP contribution in [0.2, 0.25) is 0 Å². The molecule has 0 spiro atoms. The zero-order valence-corrected chi connectivity index (χ0v) is 13.5. The summed E-state index contributed by atoms with van der Waals surface area (Å²) in [6.45, 7) is 3.15. The van der Waals surface area contributed by atoms with Crippen LogP contribution in [-0.4, -0.2) is 28.6 Å². The monoisotopic (exact) mass is 308 g/mol. The highest BCUT2D eigenvalue weighted by Crippen LogP contribution is 2.39. The van der Waals surface area contributed by atoms with Crippen LogP contribution < -0.4 is 4.90 Å². The first-order valence-corrected chi connectivity index (χ1v) is 9.01. The van der Waals surface area contributed by atoms with Crippen molar-refractivity contribution in [1.29, 1.82) is 0 Å². The van der Waals surface area contributed by atoms with Crippen molar-refractivity contribution in [3.63, 3.8) is 0 Å². The van der Waals surface area contributed by atoms with Gasteiger partial charge in [0.2, 0.25) is 0 Å². The van der Waals surface area contributed by atoms with Gasteiger partial charge in [0.15, 0.2) is 5.13 Å². The highest BCUT2D eigenvalue weighted by molar-refractivity contribution is 7.15. The maximum Gasteiger partial charge on any atom is 0.312 e. The lowest BCUT2D eigenvalue weighted by atomic mass is 9.91. The lowest BCUT2D eigenvalue weighted by Crippen LogP contribution is -2.36. The molecule has 0 amide bonds. The van der Waals surface area contributed by atoms with Crippen molar-refractivity contribution in [3.8, 4) is 0 Å². The first kappa shape index (κ1) is 14.8. The molecular formula is C16H24N2O2S. The van der Waals surface area contributed by atoms with Crippen LogP contribution in [-0.2, 0) is 11.2 Å². The molecule has 1 aromatic heterocycles. The van der Waals surface area contributed by atoms with Gasteiger partial charge in [-0.2, -0.15) is 0 Å². The number of aliphatic carboxylic acids is 1. The van der Waals surface area contributed by atoms with E-state index in [-0.39, 0.29) is 5.92 Å². The second kappa shape index (κ2) is 6.34. The second-order valence-electron chi connectivity index (χ2n) is 6.17. The van der Waals surface area contributed by atoms with Gasteiger partial charge in [0.25, 0.3) is 0 Å². The van der Waals surface area contributed by atoms with E-state index in [1.165, 1.54) is 37.0 Å². The Labute approximate surface area is 130 Å². The number of rotatable bonds is 4. The van der Waals surface area contributed by atoms with Crippen LogP contribution in [0.3, 0.4) is 0 Å². The number of aryl methyl sites for hydroxylation is 1. The van der Waals surface area contributed by atoms with Gasteiger partial charge >= 0.3 is 5.97 Å². The second-order valence-corrected chi connectivity index (χ2v) is 7.23. The number of carboxylic acid groups (broad SMARTS) is 1. The van der Waals surface area contributed by atoms with Crippen molar-refractivity contribution >= 4 is 22.4 Å². The third-order valence-corrected chi connectivity index (χ3v) is 6.01. The zero-order valence-electron chi connectivity index (χ0n) is 12.7. The number of anilines is 1. The number of fused-ring (bicyclic) bond motifs is 1. The molecule has 1 unspecified atom stereocenters. The smallest absolute Gasteiger partial charge is 0.312 e. The minimum atomic E-state index is -0.714. The number of aromatic nitrogens is 1. The molecule has 1 N–H and O–H groups in total. The summed E-state index contributed by atoms with van der Waals surface area (Å²) in [7, 11) is 0. The molecular weight excluding hydrogens is 284 g/mol. The van der Waals surface area contributed by atoms with Gasteiger partial charge in [-0.05, 0) is 39.0 Å². The predicted molar refractivity (Wildman–Crippen MR) is 85.3 cm³/mol. The van der Waals surface area contributed by atoms with Gasteiger partial charge in [-0.1, -0.05) is 19.3 Å². The van der Waals surface area contributed by atoms with Crippen molar-refractivity contribution in [2.24, 2.45) is 0 Å². The molecule has 3 rings (SSSR count). The fourth-order valence-corrected chi connectivity index (χ4v) is 5.01. The molecule has 4 nitrogen and oxygen atoms in total. The molecule has 2 aliphatic rings. The standard InChI is InChI=1S/C16H24N2O2S/c1-2-18(11-7-4-3-5-8-11)16-17-14-12(15(19)20)9-6-10-13(14)21-16/h11-12H,2-10H2,1H3,(H,19,20). The third kappa shape index (κ3) is 2.93. The summed E-state index contributed by atoms with van der Waals surface area (Å²) in [4.78, 5) is 19.8. The summed E-state index contributed by atoms with van der Waals surface area (Å²) in [5.41, 5.74) is 0.850. The minimum Gasteiger partial charge on any atom is -0.481 e. The molecule has 0 radical (unpaired) electrons. The van der Waals surface area contributed by atoms with E-state index >= 15 is 0 Å². The Hall–Kier alpha value is -1.10. The summed E-state index contributed by atoms with van der Waals surface area (Å²) in [5.74, 6) is -1.10. The van der Waals surface area contributed by atoms with Gasteiger partial charge in [0.1, 0.15) is 5.92 Å². The molecule has 0 saturated heterocycles. The predicted octanol–water partition coefficient (Wildman–Crippen LogP) is 3.81. The van der Waals surface area contributed by atoms with Gasteiger partial charge in [0, 0.05) is 17.5 Å². The average Bonchev–Trinajstić information content (AvgIpc) is 2.92. The van der Waals surface area contributed by atoms with Crippen molar-refractivity contribution in [1.82, 2.24) is 4.98 Å². The van der Waals surface area contributed by atoms with Gasteiger partial charge in [-0.3, -0.25) is 4.79 Å². The van der Waals surface area contributed by atoms with E-state index in [1.54, 1.807) is 11.3 Å². The number of thiazole rings is 1. The molecule has 116 valence electrons. The fourth-order valence-electron chi connectivity index (χ4n) is 3.71. The van der Waals surface area contributed by atoms with Crippen molar-refractivity contribution in [2.45, 2.75) is 70.3 Å². The maximum atomic E-state index is 11.4. The van der Waals surface area contributed by atoms with Gasteiger partial charge < -0.3 is 10.0 Å². The van der Waals surface area contributed by atoms with E-state index in [0.717, 1.165) is 36.6 Å². The number of carboxylic acids is 1. The van der Waals surface area contributed by atoms with E-state index < -0.39 is 5.97 Å². The molecule has 0 aliphatic heterocycles. The van der Waals surface area contributed by atoms with E-state index in [2.05, 4.69) is 11.8 Å². The van der Waals surface area contributed by atoms with Crippen molar-refractivity contribution in [3.05, 3.63) is 10.6 Å². The Balaban J connectivity index is 1.86. The largest absolute Gasteiger partial charge is 0.481 e. The Morgan fingerprint density at radius 3 is 2.71 bits per heavy atom. The molecule has 0 bridgehead atoms. The zero-order chi connectivity index (χ0) is 14.8. The first-order valence-electron chi connectivity index (χ1n) is 8.19. The lowest BCUT2D eigenvalue weighted by Gasteiger charge is -2.33. The van der Waals surface area contributed by atoms with Crippen molar-refractivity contribution in [2.75, 3.05) is 11.4 Å². The molecule has 1 atom stereocenters. The van der Waals surface area contributed by atoms with E-state index in [1.807, 2.05) is 0 Å². The van der Waals surface area contributed by atoms with Gasteiger partial charge in [-0.25, -0.2) is 4.98 Å². The molecule has 1 aromatic rings. The van der Waals surface area contributed by atoms with E-state index in [9.17, 15) is 9.90 Å². The number of hydrogen-bond acceptors (Lipinski definition) is 4. The fraction of sp³-hybridized carbons (Fsp3) is 0.750. The van der Waals surface area contributed by atoms with Crippen LogP contribution >= 0.6 is 11.3 Å². The molecule has 2 aliphatic carbocycles. The molecule has 0 aromatic carbocycles. The van der Waals surface area contributed by atoms with Crippen LogP contribution in [0.4, 0.5) is 5.13 Å². The average molecular weight is 308 g/mol. The van der Waals surface area contributed by atoms with Crippen LogP contribution in [0.1, 0.15) is 68.4 Å². The Morgan fingerprint density at radius 2 is 2.05 bits per heavy atom. The van der Waals surface area contributed by atoms with Gasteiger partial charge in [0.05, 0.1) is 5.69 Å². The number of carbonyl (C=O) groups is 1. The summed E-state index contributed by atoms with van der Waals surface area (Å²) in [5, 5.41) is 10.4. The summed E-state index contributed by atoms with van der Waals surface area (Å²) >= 11 is 1.73. The quantitative estimate of drug-likeness (QED) is 0.919. The summed E-state index contributed by atoms with van der Waals surface area (Å²) in [6.07, 6.45) is 9.18. The minimum absolute atomic E-state index is 0.385. The Bertz CT molecular complexity index is 508. The first-order chi connectivity index (χ1) is 10.2. The maximum absolute atomic E-state index is 11.4. The SMILES string of the molecule is CCN(c1nc2c(s1)CCCC2C(=O)O)C1CCCCC1. The highest BCUT2D eigenvalue weighted by Gasteiger charge is 2.32. The van der Waals surface area contributed by atoms with Crippen LogP contribution in [0.15, 0.2) is 0 Å². The Morgan fingerprint density at radius 1 is 1.29 bits per heavy atom. The molecule has 21 heavy (non-hydrogen) atoms. The van der Waals surface area contributed by atoms with Crippen molar-refractivity contribution < 1.29 is 9.90 Å². The lowest BCUT2D eigenvalue weighted by molar-refractivity contribution is -0.139. The van der Waals surface area contributed by atoms with Crippen LogP contribution in [0, 0.1) is 0 Å². The number of hydrogen-bond donors (Lipinski definition) is 1. The molecule has 1 saturated carbocycles. The molecule has 1 fully saturated rings. The Kier molecular flexibility index (Phi) is 4.48. The number of nitrogens with zero attached hydrogens (tertiary/aromatic N) is 2. The van der Waals surface area contributed by atoms with E-state index in [0.29, 0.717) is 6.04 Å². The normalized spacial score (nSPS) is 22.8. The summed E-state index contributed by atoms with van der Waals surface area (Å²) < 4.78 is 0. The van der Waals surface area contributed by atoms with Crippen LogP contribution in [0.25, 0.3) is 0 Å². The highest BCUT2D eigenvalue weighted by atomic mass is 32.1. The third-order valence-electron chi connectivity index (χ3n) is 4.84. The van der Waals surface area contributed by atoms with Gasteiger partial charge in [-0.15, -0.1) is 11.3 Å². The van der Waals surface area contributed by atoms with Crippen LogP contribution in [0.5, 0.6) is 0 Å².